The molecular formula is C23H26N4O3S. The van der Waals surface area contributed by atoms with Crippen LogP contribution in [0.5, 0.6) is 5.75 Å². The van der Waals surface area contributed by atoms with E-state index in [-0.39, 0.29) is 11.5 Å². The number of hydrogen-bond donors (Lipinski definition) is 1. The first kappa shape index (κ1) is 21.2. The maximum Gasteiger partial charge on any atom is 0.263 e. The van der Waals surface area contributed by atoms with Crippen molar-refractivity contribution in [2.45, 2.75) is 46.1 Å². The summed E-state index contributed by atoms with van der Waals surface area (Å²) in [5.74, 6) is 0.933. The molecule has 0 bridgehead atoms. The topological polar surface area (TPSA) is 85.6 Å². The molecule has 0 radical (unpaired) electrons. The molecule has 0 aliphatic heterocycles. The predicted molar refractivity (Wildman–Crippen MR) is 123 cm³/mol. The highest BCUT2D eigenvalue weighted by Gasteiger charge is 2.25. The molecular weight excluding hydrogens is 412 g/mol. The summed E-state index contributed by atoms with van der Waals surface area (Å²) in [6.07, 6.45) is 5.96. The van der Waals surface area contributed by atoms with Gasteiger partial charge in [-0.1, -0.05) is 19.1 Å². The second-order valence-electron chi connectivity index (χ2n) is 7.87. The number of thiophene rings is 1. The number of benzene rings is 1. The van der Waals surface area contributed by atoms with Gasteiger partial charge in [-0.3, -0.25) is 14.2 Å². The standard InChI is InChI=1S/C23H26N4O3S/c1-4-30-18-8-6-5-7-16(18)12-25-26-21(28)15(3)27-13-24-22-20(23(27)29)17-10-9-14(2)11-19(17)31-22/h5-8,12-15H,4,9-11H2,1-3H3,(H,26,28)/b25-12+/t14-,15+/m1/s1. The van der Waals surface area contributed by atoms with Crippen molar-refractivity contribution >= 4 is 33.7 Å². The third-order valence-corrected chi connectivity index (χ3v) is 6.80. The molecule has 1 amide bonds. The van der Waals surface area contributed by atoms with Crippen molar-refractivity contribution in [3.05, 3.63) is 57.0 Å². The number of amides is 1. The molecule has 2 atom stereocenters. The minimum Gasteiger partial charge on any atom is -0.493 e. The SMILES string of the molecule is CCOc1ccccc1/C=N/NC(=O)[C@H](C)n1cnc2sc3c(c2c1=O)CC[C@@H](C)C3. The molecule has 7 nitrogen and oxygen atoms in total. The van der Waals surface area contributed by atoms with Crippen molar-refractivity contribution in [3.63, 3.8) is 0 Å². The van der Waals surface area contributed by atoms with Crippen LogP contribution < -0.4 is 15.7 Å². The fourth-order valence-electron chi connectivity index (χ4n) is 3.88. The number of aryl methyl sites for hydroxylation is 1. The smallest absolute Gasteiger partial charge is 0.263 e. The zero-order valence-corrected chi connectivity index (χ0v) is 18.7. The lowest BCUT2D eigenvalue weighted by atomic mass is 9.89. The normalized spacial score (nSPS) is 16.9. The number of carbonyl (C=O) groups excluding carboxylic acids is 1. The van der Waals surface area contributed by atoms with Crippen LogP contribution in [0.1, 0.15) is 49.2 Å². The van der Waals surface area contributed by atoms with Gasteiger partial charge in [-0.15, -0.1) is 11.3 Å². The molecule has 4 rings (SSSR count). The Morgan fingerprint density at radius 2 is 2.26 bits per heavy atom. The maximum absolute atomic E-state index is 13.2. The van der Waals surface area contributed by atoms with Crippen LogP contribution in [-0.2, 0) is 17.6 Å². The predicted octanol–water partition coefficient (Wildman–Crippen LogP) is 3.69. The van der Waals surface area contributed by atoms with Crippen LogP contribution in [0.2, 0.25) is 0 Å². The molecule has 8 heteroatoms. The van der Waals surface area contributed by atoms with Crippen LogP contribution in [-0.4, -0.2) is 28.3 Å². The number of hydrogen-bond acceptors (Lipinski definition) is 6. The monoisotopic (exact) mass is 438 g/mol. The number of carbonyl (C=O) groups is 1. The van der Waals surface area contributed by atoms with Crippen molar-refractivity contribution < 1.29 is 9.53 Å². The van der Waals surface area contributed by atoms with Crippen LogP contribution in [0, 0.1) is 5.92 Å². The molecule has 3 aromatic rings. The largest absolute Gasteiger partial charge is 0.493 e. The maximum atomic E-state index is 13.2. The Balaban J connectivity index is 1.54. The molecule has 2 aromatic heterocycles. The van der Waals surface area contributed by atoms with E-state index in [0.717, 1.165) is 35.2 Å². The highest BCUT2D eigenvalue weighted by atomic mass is 32.1. The summed E-state index contributed by atoms with van der Waals surface area (Å²) in [6.45, 7) is 6.36. The van der Waals surface area contributed by atoms with Gasteiger partial charge in [0.2, 0.25) is 0 Å². The summed E-state index contributed by atoms with van der Waals surface area (Å²) in [5, 5.41) is 4.72. The van der Waals surface area contributed by atoms with Gasteiger partial charge in [0.25, 0.3) is 11.5 Å². The van der Waals surface area contributed by atoms with Crippen molar-refractivity contribution in [2.24, 2.45) is 11.0 Å². The van der Waals surface area contributed by atoms with Crippen molar-refractivity contribution in [1.29, 1.82) is 0 Å². The molecule has 1 aliphatic carbocycles. The lowest BCUT2D eigenvalue weighted by molar-refractivity contribution is -0.123. The number of nitrogens with one attached hydrogen (secondary N) is 1. The molecule has 162 valence electrons. The molecule has 0 saturated carbocycles. The van der Waals surface area contributed by atoms with E-state index < -0.39 is 6.04 Å². The molecule has 0 saturated heterocycles. The zero-order chi connectivity index (χ0) is 22.0. The van der Waals surface area contributed by atoms with Gasteiger partial charge in [-0.05, 0) is 56.7 Å². The Kier molecular flexibility index (Phi) is 6.18. The van der Waals surface area contributed by atoms with E-state index in [1.807, 2.05) is 31.2 Å². The number of rotatable bonds is 6. The first-order valence-corrected chi connectivity index (χ1v) is 11.4. The Morgan fingerprint density at radius 1 is 1.45 bits per heavy atom. The minimum atomic E-state index is -0.734. The van der Waals surface area contributed by atoms with Gasteiger partial charge in [-0.2, -0.15) is 5.10 Å². The number of aromatic nitrogens is 2. The summed E-state index contributed by atoms with van der Waals surface area (Å²) in [7, 11) is 0. The van der Waals surface area contributed by atoms with Gasteiger partial charge in [-0.25, -0.2) is 10.4 Å². The van der Waals surface area contributed by atoms with Crippen LogP contribution in [0.4, 0.5) is 0 Å². The van der Waals surface area contributed by atoms with Crippen molar-refractivity contribution in [2.75, 3.05) is 6.61 Å². The molecule has 0 spiro atoms. The van der Waals surface area contributed by atoms with Gasteiger partial charge in [0.15, 0.2) is 0 Å². The molecule has 2 heterocycles. The fourth-order valence-corrected chi connectivity index (χ4v) is 5.22. The number of fused-ring (bicyclic) bond motifs is 3. The fraction of sp³-hybridized carbons (Fsp3) is 0.391. The van der Waals surface area contributed by atoms with Crippen LogP contribution in [0.25, 0.3) is 10.2 Å². The summed E-state index contributed by atoms with van der Waals surface area (Å²) in [4.78, 5) is 32.4. The van der Waals surface area contributed by atoms with Gasteiger partial charge < -0.3 is 4.74 Å². The van der Waals surface area contributed by atoms with Gasteiger partial charge in [0, 0.05) is 10.4 Å². The number of hydrazone groups is 1. The molecule has 1 N–H and O–H groups in total. The number of ether oxygens (including phenoxy) is 1. The molecule has 0 fully saturated rings. The van der Waals surface area contributed by atoms with E-state index in [4.69, 9.17) is 4.74 Å². The van der Waals surface area contributed by atoms with Gasteiger partial charge in [0.1, 0.15) is 16.6 Å². The highest BCUT2D eigenvalue weighted by molar-refractivity contribution is 7.18. The van der Waals surface area contributed by atoms with E-state index in [9.17, 15) is 9.59 Å². The minimum absolute atomic E-state index is 0.162. The van der Waals surface area contributed by atoms with E-state index in [1.165, 1.54) is 22.0 Å². The Hall–Kier alpha value is -3.00. The molecule has 1 aliphatic rings. The highest BCUT2D eigenvalue weighted by Crippen LogP contribution is 2.35. The summed E-state index contributed by atoms with van der Waals surface area (Å²) >= 11 is 1.60. The second kappa shape index (κ2) is 9.01. The Bertz CT molecular complexity index is 1200. The van der Waals surface area contributed by atoms with E-state index in [1.54, 1.807) is 18.3 Å². The van der Waals surface area contributed by atoms with Gasteiger partial charge >= 0.3 is 0 Å². The lowest BCUT2D eigenvalue weighted by Gasteiger charge is -2.18. The molecule has 0 unspecified atom stereocenters. The van der Waals surface area contributed by atoms with Crippen LogP contribution in [0.3, 0.4) is 0 Å². The van der Waals surface area contributed by atoms with E-state index in [0.29, 0.717) is 23.7 Å². The van der Waals surface area contributed by atoms with E-state index >= 15 is 0 Å². The average molecular weight is 439 g/mol. The first-order valence-electron chi connectivity index (χ1n) is 10.6. The quantitative estimate of drug-likeness (QED) is 0.470. The number of para-hydroxylation sites is 1. The van der Waals surface area contributed by atoms with Gasteiger partial charge in [0.05, 0.1) is 24.5 Å². The summed E-state index contributed by atoms with van der Waals surface area (Å²) in [5.41, 5.74) is 4.24. The zero-order valence-electron chi connectivity index (χ0n) is 17.9. The first-order chi connectivity index (χ1) is 15.0. The summed E-state index contributed by atoms with van der Waals surface area (Å²) < 4.78 is 6.95. The van der Waals surface area contributed by atoms with Crippen LogP contribution in [0.15, 0.2) is 40.5 Å². The average Bonchev–Trinajstić information content (AvgIpc) is 3.13. The van der Waals surface area contributed by atoms with Crippen molar-refractivity contribution in [3.8, 4) is 5.75 Å². The second-order valence-corrected chi connectivity index (χ2v) is 8.95. The number of nitrogens with zero attached hydrogens (tertiary/aromatic N) is 3. The molecule has 31 heavy (non-hydrogen) atoms. The van der Waals surface area contributed by atoms with Crippen LogP contribution >= 0.6 is 11.3 Å². The Morgan fingerprint density at radius 3 is 3.06 bits per heavy atom. The third kappa shape index (κ3) is 4.25. The molecule has 1 aromatic carbocycles. The summed E-state index contributed by atoms with van der Waals surface area (Å²) in [6, 6.07) is 6.71. The Labute approximate surface area is 184 Å². The lowest BCUT2D eigenvalue weighted by Crippen LogP contribution is -2.34. The van der Waals surface area contributed by atoms with Crippen molar-refractivity contribution in [1.82, 2.24) is 15.0 Å². The van der Waals surface area contributed by atoms with E-state index in [2.05, 4.69) is 22.4 Å². The third-order valence-electron chi connectivity index (χ3n) is 5.63.